The molecule has 1 radical (unpaired) electrons. The van der Waals surface area contributed by atoms with E-state index in [0.717, 1.165) is 13.0 Å². The van der Waals surface area contributed by atoms with Gasteiger partial charge in [0.1, 0.15) is 0 Å². The molecule has 0 atom stereocenters. The van der Waals surface area contributed by atoms with Crippen molar-refractivity contribution in [3.63, 3.8) is 0 Å². The van der Waals surface area contributed by atoms with Crippen molar-refractivity contribution < 1.29 is 0 Å². The molecule has 18 heavy (non-hydrogen) atoms. The van der Waals surface area contributed by atoms with Crippen molar-refractivity contribution in [1.29, 1.82) is 0 Å². The number of benzene rings is 2. The number of para-hydroxylation sites is 1. The predicted molar refractivity (Wildman–Crippen MR) is 78.9 cm³/mol. The summed E-state index contributed by atoms with van der Waals surface area (Å²) in [5.74, 6) is 0. The molecule has 0 aliphatic carbocycles. The molecule has 0 amide bonds. The SMILES string of the molecule is Cc1cccc(C)c1NC[CH]Cc1ccccc1. The maximum absolute atomic E-state index is 3.50. The molecule has 2 aromatic carbocycles. The fourth-order valence-electron chi connectivity index (χ4n) is 2.12. The third kappa shape index (κ3) is 3.36. The quantitative estimate of drug-likeness (QED) is 0.771. The average molecular weight is 238 g/mol. The van der Waals surface area contributed by atoms with Crippen molar-refractivity contribution >= 4 is 5.69 Å². The van der Waals surface area contributed by atoms with Gasteiger partial charge in [0.05, 0.1) is 0 Å². The second-order valence-corrected chi connectivity index (χ2v) is 4.63. The molecular formula is C17H20N. The minimum absolute atomic E-state index is 0.903. The van der Waals surface area contributed by atoms with Crippen molar-refractivity contribution in [3.05, 3.63) is 71.6 Å². The first-order valence-electron chi connectivity index (χ1n) is 6.43. The standard InChI is InChI=1S/C17H20N/c1-14-8-6-9-15(2)17(14)18-13-7-12-16-10-4-3-5-11-16/h3-11,18H,12-13H2,1-2H3. The molecular weight excluding hydrogens is 218 g/mol. The fourth-order valence-corrected chi connectivity index (χ4v) is 2.12. The maximum atomic E-state index is 3.50. The molecule has 0 aromatic heterocycles. The predicted octanol–water partition coefficient (Wildman–Crippen LogP) is 4.16. The van der Waals surface area contributed by atoms with Crippen LogP contribution in [0.1, 0.15) is 16.7 Å². The monoisotopic (exact) mass is 238 g/mol. The summed E-state index contributed by atoms with van der Waals surface area (Å²) in [6.45, 7) is 5.19. The molecule has 93 valence electrons. The lowest BCUT2D eigenvalue weighted by molar-refractivity contribution is 1.06. The Morgan fingerprint density at radius 2 is 1.56 bits per heavy atom. The molecule has 0 aliphatic heterocycles. The molecule has 0 heterocycles. The van der Waals surface area contributed by atoms with Crippen LogP contribution in [0.5, 0.6) is 0 Å². The summed E-state index contributed by atoms with van der Waals surface area (Å²) in [6.07, 6.45) is 3.29. The van der Waals surface area contributed by atoms with Gasteiger partial charge < -0.3 is 5.32 Å². The van der Waals surface area contributed by atoms with Gasteiger partial charge in [-0.25, -0.2) is 0 Å². The number of aryl methyl sites for hydroxylation is 2. The Morgan fingerprint density at radius 1 is 0.889 bits per heavy atom. The van der Waals surface area contributed by atoms with Gasteiger partial charge in [-0.2, -0.15) is 0 Å². The Morgan fingerprint density at radius 3 is 2.22 bits per heavy atom. The Kier molecular flexibility index (Phi) is 4.40. The summed E-state index contributed by atoms with van der Waals surface area (Å²) in [7, 11) is 0. The zero-order valence-electron chi connectivity index (χ0n) is 11.1. The molecule has 1 heteroatoms. The van der Waals surface area contributed by atoms with Crippen LogP contribution in [-0.4, -0.2) is 6.54 Å². The highest BCUT2D eigenvalue weighted by molar-refractivity contribution is 5.56. The van der Waals surface area contributed by atoms with E-state index in [1.807, 2.05) is 0 Å². The highest BCUT2D eigenvalue weighted by Gasteiger charge is 2.00. The van der Waals surface area contributed by atoms with Crippen molar-refractivity contribution in [1.82, 2.24) is 0 Å². The van der Waals surface area contributed by atoms with E-state index in [2.05, 4.69) is 74.1 Å². The molecule has 0 bridgehead atoms. The zero-order chi connectivity index (χ0) is 12.8. The summed E-state index contributed by atoms with van der Waals surface area (Å²) >= 11 is 0. The number of rotatable bonds is 5. The van der Waals surface area contributed by atoms with E-state index in [9.17, 15) is 0 Å². The van der Waals surface area contributed by atoms with Crippen LogP contribution < -0.4 is 5.32 Å². The largest absolute Gasteiger partial charge is 0.384 e. The van der Waals surface area contributed by atoms with Crippen molar-refractivity contribution in [2.75, 3.05) is 11.9 Å². The van der Waals surface area contributed by atoms with Crippen LogP contribution in [0.15, 0.2) is 48.5 Å². The molecule has 0 aliphatic rings. The molecule has 0 saturated heterocycles. The lowest BCUT2D eigenvalue weighted by Crippen LogP contribution is -2.06. The summed E-state index contributed by atoms with van der Waals surface area (Å²) in [5, 5.41) is 3.50. The van der Waals surface area contributed by atoms with Crippen molar-refractivity contribution in [2.45, 2.75) is 20.3 Å². The second kappa shape index (κ2) is 6.25. The normalized spacial score (nSPS) is 10.3. The maximum Gasteiger partial charge on any atom is 0.0399 e. The Hall–Kier alpha value is -1.76. The first-order chi connectivity index (χ1) is 8.77. The number of nitrogens with one attached hydrogen (secondary N) is 1. The third-order valence-electron chi connectivity index (χ3n) is 3.13. The summed E-state index contributed by atoms with van der Waals surface area (Å²) in [6, 6.07) is 16.9. The molecule has 0 saturated carbocycles. The van der Waals surface area contributed by atoms with Gasteiger partial charge in [0.25, 0.3) is 0 Å². The Bertz CT molecular complexity index is 468. The molecule has 2 aromatic rings. The zero-order valence-corrected chi connectivity index (χ0v) is 11.1. The van der Waals surface area contributed by atoms with E-state index in [4.69, 9.17) is 0 Å². The second-order valence-electron chi connectivity index (χ2n) is 4.63. The smallest absolute Gasteiger partial charge is 0.0399 e. The van der Waals surface area contributed by atoms with Crippen LogP contribution in [0.25, 0.3) is 0 Å². The van der Waals surface area contributed by atoms with E-state index in [1.54, 1.807) is 0 Å². The van der Waals surface area contributed by atoms with Gasteiger partial charge in [-0.3, -0.25) is 0 Å². The van der Waals surface area contributed by atoms with Gasteiger partial charge in [0, 0.05) is 12.2 Å². The van der Waals surface area contributed by atoms with Gasteiger partial charge >= 0.3 is 0 Å². The lowest BCUT2D eigenvalue weighted by Gasteiger charge is -2.12. The summed E-state index contributed by atoms with van der Waals surface area (Å²) in [4.78, 5) is 0. The van der Waals surface area contributed by atoms with Gasteiger partial charge in [0.15, 0.2) is 0 Å². The van der Waals surface area contributed by atoms with Crippen LogP contribution in [0.2, 0.25) is 0 Å². The minimum atomic E-state index is 0.903. The lowest BCUT2D eigenvalue weighted by atomic mass is 10.1. The molecule has 2 rings (SSSR count). The minimum Gasteiger partial charge on any atom is -0.384 e. The molecule has 0 spiro atoms. The fraction of sp³-hybridized carbons (Fsp3) is 0.235. The van der Waals surface area contributed by atoms with E-state index < -0.39 is 0 Å². The van der Waals surface area contributed by atoms with E-state index in [1.165, 1.54) is 22.4 Å². The number of hydrogen-bond acceptors (Lipinski definition) is 1. The molecule has 1 nitrogen and oxygen atoms in total. The van der Waals surface area contributed by atoms with Crippen LogP contribution in [0.4, 0.5) is 5.69 Å². The Balaban J connectivity index is 1.82. The molecule has 0 fully saturated rings. The summed E-state index contributed by atoms with van der Waals surface area (Å²) < 4.78 is 0. The molecule has 0 unspecified atom stereocenters. The van der Waals surface area contributed by atoms with Crippen LogP contribution in [0, 0.1) is 20.3 Å². The first kappa shape index (κ1) is 12.7. The van der Waals surface area contributed by atoms with Gasteiger partial charge in [-0.05, 0) is 43.4 Å². The first-order valence-corrected chi connectivity index (χ1v) is 6.43. The van der Waals surface area contributed by atoms with Crippen LogP contribution >= 0.6 is 0 Å². The topological polar surface area (TPSA) is 12.0 Å². The highest BCUT2D eigenvalue weighted by atomic mass is 14.9. The Labute approximate surface area is 110 Å². The average Bonchev–Trinajstić information content (AvgIpc) is 2.38. The van der Waals surface area contributed by atoms with Crippen molar-refractivity contribution in [3.8, 4) is 0 Å². The van der Waals surface area contributed by atoms with Crippen LogP contribution in [0.3, 0.4) is 0 Å². The molecule has 1 N–H and O–H groups in total. The number of anilines is 1. The van der Waals surface area contributed by atoms with Crippen molar-refractivity contribution in [2.24, 2.45) is 0 Å². The van der Waals surface area contributed by atoms with E-state index >= 15 is 0 Å². The van der Waals surface area contributed by atoms with Gasteiger partial charge in [0.2, 0.25) is 0 Å². The third-order valence-corrected chi connectivity index (χ3v) is 3.13. The van der Waals surface area contributed by atoms with E-state index in [-0.39, 0.29) is 0 Å². The van der Waals surface area contributed by atoms with Crippen LogP contribution in [-0.2, 0) is 6.42 Å². The van der Waals surface area contributed by atoms with Gasteiger partial charge in [-0.1, -0.05) is 48.5 Å². The van der Waals surface area contributed by atoms with Gasteiger partial charge in [-0.15, -0.1) is 0 Å². The highest BCUT2D eigenvalue weighted by Crippen LogP contribution is 2.19. The summed E-state index contributed by atoms with van der Waals surface area (Å²) in [5.41, 5.74) is 5.24. The number of hydrogen-bond donors (Lipinski definition) is 1. The van der Waals surface area contributed by atoms with E-state index in [0.29, 0.717) is 0 Å².